The van der Waals surface area contributed by atoms with E-state index in [9.17, 15) is 9.90 Å². The molecule has 1 fully saturated rings. The molecule has 3 rings (SSSR count). The van der Waals surface area contributed by atoms with Crippen LogP contribution in [0.1, 0.15) is 18.6 Å². The standard InChI is InChI=1S/C19H26N4O2/c1-16(14-23-9-5-8-20-23)19(25)22-12-10-21(11-13-22)15-18(24)17-6-3-2-4-7-17/h2-9,16,18,24H,10-15H2,1H3/t16-,18+/m0/s1. The number of aliphatic hydroxyl groups excluding tert-OH is 1. The first-order valence-electron chi connectivity index (χ1n) is 8.85. The number of nitrogens with zero attached hydrogens (tertiary/aromatic N) is 4. The molecule has 0 aliphatic carbocycles. The van der Waals surface area contributed by atoms with Crippen molar-refractivity contribution in [2.75, 3.05) is 32.7 Å². The van der Waals surface area contributed by atoms with Gasteiger partial charge in [-0.15, -0.1) is 0 Å². The Kier molecular flexibility index (Phi) is 5.83. The summed E-state index contributed by atoms with van der Waals surface area (Å²) >= 11 is 0. The minimum Gasteiger partial charge on any atom is -0.387 e. The maximum Gasteiger partial charge on any atom is 0.227 e. The van der Waals surface area contributed by atoms with E-state index < -0.39 is 6.10 Å². The van der Waals surface area contributed by atoms with E-state index >= 15 is 0 Å². The lowest BCUT2D eigenvalue weighted by Gasteiger charge is -2.36. The number of piperazine rings is 1. The number of hydrogen-bond donors (Lipinski definition) is 1. The quantitative estimate of drug-likeness (QED) is 0.862. The lowest BCUT2D eigenvalue weighted by Crippen LogP contribution is -2.51. The topological polar surface area (TPSA) is 61.6 Å². The maximum atomic E-state index is 12.6. The average Bonchev–Trinajstić information content (AvgIpc) is 3.15. The predicted octanol–water partition coefficient (Wildman–Crippen LogP) is 1.40. The number of β-amino-alcohol motifs (C(OH)–C–C–N with tert-alkyl or cyclic N) is 1. The third-order valence-electron chi connectivity index (χ3n) is 4.74. The van der Waals surface area contributed by atoms with Crippen molar-refractivity contribution in [1.29, 1.82) is 0 Å². The summed E-state index contributed by atoms with van der Waals surface area (Å²) in [5.74, 6) is 0.0973. The summed E-state index contributed by atoms with van der Waals surface area (Å²) in [6.07, 6.45) is 3.13. The second kappa shape index (κ2) is 8.27. The molecule has 1 aromatic carbocycles. The summed E-state index contributed by atoms with van der Waals surface area (Å²) in [7, 11) is 0. The second-order valence-electron chi connectivity index (χ2n) is 6.68. The fraction of sp³-hybridized carbons (Fsp3) is 0.474. The van der Waals surface area contributed by atoms with Gasteiger partial charge in [-0.05, 0) is 11.6 Å². The molecule has 1 aliphatic rings. The Morgan fingerprint density at radius 2 is 1.84 bits per heavy atom. The van der Waals surface area contributed by atoms with Crippen molar-refractivity contribution in [3.8, 4) is 0 Å². The molecule has 0 spiro atoms. The van der Waals surface area contributed by atoms with Crippen LogP contribution in [0.2, 0.25) is 0 Å². The van der Waals surface area contributed by atoms with Crippen molar-refractivity contribution in [2.24, 2.45) is 5.92 Å². The van der Waals surface area contributed by atoms with E-state index in [2.05, 4.69) is 10.00 Å². The Hall–Kier alpha value is -2.18. The Labute approximate surface area is 148 Å². The molecule has 2 aromatic rings. The third kappa shape index (κ3) is 4.67. The molecule has 0 saturated carbocycles. The van der Waals surface area contributed by atoms with E-state index in [1.54, 1.807) is 10.9 Å². The molecule has 1 amide bonds. The Morgan fingerprint density at radius 1 is 1.12 bits per heavy atom. The summed E-state index contributed by atoms with van der Waals surface area (Å²) in [4.78, 5) is 16.7. The van der Waals surface area contributed by atoms with Gasteiger partial charge in [0.05, 0.1) is 18.6 Å². The van der Waals surface area contributed by atoms with Gasteiger partial charge in [0.2, 0.25) is 5.91 Å². The molecule has 0 unspecified atom stereocenters. The van der Waals surface area contributed by atoms with E-state index in [0.717, 1.165) is 18.7 Å². The smallest absolute Gasteiger partial charge is 0.227 e. The molecule has 6 heteroatoms. The van der Waals surface area contributed by atoms with E-state index in [4.69, 9.17) is 0 Å². The maximum absolute atomic E-state index is 12.6. The number of carbonyl (C=O) groups is 1. The second-order valence-corrected chi connectivity index (χ2v) is 6.68. The number of aromatic nitrogens is 2. The number of rotatable bonds is 6. The molecule has 6 nitrogen and oxygen atoms in total. The van der Waals surface area contributed by atoms with Gasteiger partial charge >= 0.3 is 0 Å². The zero-order valence-corrected chi connectivity index (χ0v) is 14.7. The van der Waals surface area contributed by atoms with Crippen LogP contribution in [0.4, 0.5) is 0 Å². The van der Waals surface area contributed by atoms with Crippen LogP contribution in [0.15, 0.2) is 48.8 Å². The Bertz CT molecular complexity index is 651. The summed E-state index contributed by atoms with van der Waals surface area (Å²) in [6.45, 7) is 6.19. The summed E-state index contributed by atoms with van der Waals surface area (Å²) in [6, 6.07) is 11.6. The highest BCUT2D eigenvalue weighted by Crippen LogP contribution is 2.16. The molecule has 1 saturated heterocycles. The van der Waals surface area contributed by atoms with Crippen LogP contribution >= 0.6 is 0 Å². The van der Waals surface area contributed by atoms with Crippen LogP contribution in [0, 0.1) is 5.92 Å². The molecule has 134 valence electrons. The molecular weight excluding hydrogens is 316 g/mol. The van der Waals surface area contributed by atoms with Gasteiger partial charge < -0.3 is 10.0 Å². The Balaban J connectivity index is 1.45. The zero-order chi connectivity index (χ0) is 17.6. The molecule has 2 atom stereocenters. The number of aliphatic hydroxyl groups is 1. The number of benzene rings is 1. The lowest BCUT2D eigenvalue weighted by molar-refractivity contribution is -0.137. The zero-order valence-electron chi connectivity index (χ0n) is 14.7. The molecule has 1 aromatic heterocycles. The predicted molar refractivity (Wildman–Crippen MR) is 95.8 cm³/mol. The van der Waals surface area contributed by atoms with Crippen molar-refractivity contribution >= 4 is 5.91 Å². The van der Waals surface area contributed by atoms with E-state index in [-0.39, 0.29) is 11.8 Å². The first-order chi connectivity index (χ1) is 12.1. The summed E-state index contributed by atoms with van der Waals surface area (Å²) in [5, 5.41) is 14.5. The van der Waals surface area contributed by atoms with Gasteiger partial charge in [-0.1, -0.05) is 37.3 Å². The molecule has 25 heavy (non-hydrogen) atoms. The molecule has 0 radical (unpaired) electrons. The summed E-state index contributed by atoms with van der Waals surface area (Å²) < 4.78 is 1.80. The van der Waals surface area contributed by atoms with Crippen LogP contribution in [0.5, 0.6) is 0 Å². The van der Waals surface area contributed by atoms with Gasteiger partial charge in [-0.2, -0.15) is 5.10 Å². The van der Waals surface area contributed by atoms with Gasteiger partial charge in [-0.25, -0.2) is 0 Å². The molecule has 1 N–H and O–H groups in total. The van der Waals surface area contributed by atoms with Gasteiger partial charge in [0.1, 0.15) is 0 Å². The first-order valence-corrected chi connectivity index (χ1v) is 8.85. The number of amides is 1. The Morgan fingerprint density at radius 3 is 2.48 bits per heavy atom. The molecule has 2 heterocycles. The monoisotopic (exact) mass is 342 g/mol. The first kappa shape index (κ1) is 17.6. The fourth-order valence-corrected chi connectivity index (χ4v) is 3.25. The fourth-order valence-electron chi connectivity index (χ4n) is 3.25. The van der Waals surface area contributed by atoms with Crippen LogP contribution in [0.25, 0.3) is 0 Å². The van der Waals surface area contributed by atoms with Crippen molar-refractivity contribution in [3.05, 3.63) is 54.4 Å². The highest BCUT2D eigenvalue weighted by molar-refractivity contribution is 5.78. The van der Waals surface area contributed by atoms with Gasteiger partial charge in [0.25, 0.3) is 0 Å². The SMILES string of the molecule is C[C@@H](Cn1cccn1)C(=O)N1CCN(C[C@@H](O)c2ccccc2)CC1. The normalized spacial score (nSPS) is 18.1. The van der Waals surface area contributed by atoms with Crippen molar-refractivity contribution in [2.45, 2.75) is 19.6 Å². The van der Waals surface area contributed by atoms with Gasteiger partial charge in [0.15, 0.2) is 0 Å². The number of carbonyl (C=O) groups excluding carboxylic acids is 1. The number of hydrogen-bond acceptors (Lipinski definition) is 4. The molecule has 0 bridgehead atoms. The highest BCUT2D eigenvalue weighted by atomic mass is 16.3. The molecule has 1 aliphatic heterocycles. The van der Waals surface area contributed by atoms with Crippen LogP contribution in [-0.4, -0.2) is 63.3 Å². The highest BCUT2D eigenvalue weighted by Gasteiger charge is 2.26. The minimum absolute atomic E-state index is 0.0821. The van der Waals surface area contributed by atoms with Crippen molar-refractivity contribution in [1.82, 2.24) is 19.6 Å². The van der Waals surface area contributed by atoms with Crippen LogP contribution in [-0.2, 0) is 11.3 Å². The average molecular weight is 342 g/mol. The van der Waals surface area contributed by atoms with E-state index in [1.165, 1.54) is 0 Å². The van der Waals surface area contributed by atoms with E-state index in [1.807, 2.05) is 54.4 Å². The van der Waals surface area contributed by atoms with E-state index in [0.29, 0.717) is 26.2 Å². The van der Waals surface area contributed by atoms with Gasteiger partial charge in [0, 0.05) is 45.1 Å². The summed E-state index contributed by atoms with van der Waals surface area (Å²) in [5.41, 5.74) is 0.939. The molecular formula is C19H26N4O2. The minimum atomic E-state index is -0.484. The van der Waals surface area contributed by atoms with Gasteiger partial charge in [-0.3, -0.25) is 14.4 Å². The van der Waals surface area contributed by atoms with Crippen LogP contribution in [0.3, 0.4) is 0 Å². The van der Waals surface area contributed by atoms with Crippen molar-refractivity contribution in [3.63, 3.8) is 0 Å². The lowest BCUT2D eigenvalue weighted by atomic mass is 10.1. The van der Waals surface area contributed by atoms with Crippen molar-refractivity contribution < 1.29 is 9.90 Å². The largest absolute Gasteiger partial charge is 0.387 e. The van der Waals surface area contributed by atoms with Crippen LogP contribution < -0.4 is 0 Å². The third-order valence-corrected chi connectivity index (χ3v) is 4.74.